The summed E-state index contributed by atoms with van der Waals surface area (Å²) in [7, 11) is 0. The quantitative estimate of drug-likeness (QED) is 0.753. The maximum Gasteiger partial charge on any atom is 0.240 e. The molecule has 0 atom stereocenters. The van der Waals surface area contributed by atoms with E-state index in [1.54, 1.807) is 12.1 Å². The lowest BCUT2D eigenvalue weighted by Gasteiger charge is -2.33. The van der Waals surface area contributed by atoms with Gasteiger partial charge < -0.3 is 9.42 Å². The summed E-state index contributed by atoms with van der Waals surface area (Å²) in [5.41, 5.74) is 0.571. The number of halogens is 1. The van der Waals surface area contributed by atoms with Crippen molar-refractivity contribution in [2.45, 2.75) is 19.9 Å². The van der Waals surface area contributed by atoms with Gasteiger partial charge in [0.25, 0.3) is 0 Å². The molecule has 2 heterocycles. The van der Waals surface area contributed by atoms with Crippen molar-refractivity contribution in [2.24, 2.45) is 0 Å². The number of nitrogens with zero attached hydrogens (tertiary/aromatic N) is 4. The summed E-state index contributed by atoms with van der Waals surface area (Å²) in [6, 6.07) is 5.74. The number of carbonyl (C=O) groups excluding carboxylic acids is 1. The molecule has 0 saturated carbocycles. The van der Waals surface area contributed by atoms with Crippen LogP contribution >= 0.6 is 0 Å². The van der Waals surface area contributed by atoms with E-state index in [0.717, 1.165) is 32.7 Å². The fraction of sp³-hybridized carbons (Fsp3) is 0.471. The molecular formula is C17H21FN4O2. The summed E-state index contributed by atoms with van der Waals surface area (Å²) in [4.78, 5) is 20.9. The smallest absolute Gasteiger partial charge is 0.240 e. The summed E-state index contributed by atoms with van der Waals surface area (Å²) in [6.45, 7) is 6.84. The Morgan fingerprint density at radius 2 is 1.83 bits per heavy atom. The Labute approximate surface area is 140 Å². The number of ketones is 1. The number of Topliss-reactive ketones (excluding diaryl/α,β-unsaturated/α-hetero) is 1. The summed E-state index contributed by atoms with van der Waals surface area (Å²) >= 11 is 0. The molecular weight excluding hydrogens is 311 g/mol. The molecule has 1 fully saturated rings. The lowest BCUT2D eigenvalue weighted by Crippen LogP contribution is -2.46. The van der Waals surface area contributed by atoms with Crippen molar-refractivity contribution in [1.29, 1.82) is 0 Å². The van der Waals surface area contributed by atoms with E-state index >= 15 is 0 Å². The molecule has 1 aliphatic heterocycles. The largest absolute Gasteiger partial charge is 0.338 e. The average molecular weight is 332 g/mol. The van der Waals surface area contributed by atoms with Crippen LogP contribution < -0.4 is 0 Å². The molecule has 3 rings (SSSR count). The van der Waals surface area contributed by atoms with Crippen LogP contribution in [0.15, 0.2) is 28.8 Å². The summed E-state index contributed by atoms with van der Waals surface area (Å²) in [6.07, 6.45) is 0.453. The zero-order valence-electron chi connectivity index (χ0n) is 13.7. The van der Waals surface area contributed by atoms with Crippen LogP contribution in [-0.4, -0.2) is 58.4 Å². The van der Waals surface area contributed by atoms with Crippen molar-refractivity contribution >= 4 is 5.78 Å². The van der Waals surface area contributed by atoms with Gasteiger partial charge >= 0.3 is 0 Å². The molecule has 0 unspecified atom stereocenters. The van der Waals surface area contributed by atoms with Gasteiger partial charge in [0.1, 0.15) is 5.82 Å². The Bertz CT molecular complexity index is 678. The van der Waals surface area contributed by atoms with Crippen LogP contribution in [0.2, 0.25) is 0 Å². The molecule has 1 saturated heterocycles. The first-order chi connectivity index (χ1) is 11.6. The third kappa shape index (κ3) is 4.46. The maximum absolute atomic E-state index is 12.9. The molecule has 1 aromatic heterocycles. The number of aryl methyl sites for hydroxylation is 1. The Hall–Kier alpha value is -2.12. The minimum Gasteiger partial charge on any atom is -0.338 e. The third-order valence-electron chi connectivity index (χ3n) is 4.21. The molecule has 0 amide bonds. The standard InChI is InChI=1S/C17H21FN4O2/c1-13-19-17(24-20-13)12-22-10-8-21(9-11-22)7-6-16(23)14-2-4-15(18)5-3-14/h2-5H,6-12H2,1H3. The average Bonchev–Trinajstić information content (AvgIpc) is 2.99. The third-order valence-corrected chi connectivity index (χ3v) is 4.21. The highest BCUT2D eigenvalue weighted by molar-refractivity contribution is 5.96. The fourth-order valence-electron chi connectivity index (χ4n) is 2.81. The zero-order chi connectivity index (χ0) is 16.9. The summed E-state index contributed by atoms with van der Waals surface area (Å²) < 4.78 is 18.0. The minimum atomic E-state index is -0.320. The number of aromatic nitrogens is 2. The number of rotatable bonds is 6. The van der Waals surface area contributed by atoms with Crippen molar-refractivity contribution in [3.63, 3.8) is 0 Å². The van der Waals surface area contributed by atoms with Crippen molar-refractivity contribution in [1.82, 2.24) is 19.9 Å². The topological polar surface area (TPSA) is 62.5 Å². The van der Waals surface area contributed by atoms with Gasteiger partial charge in [-0.15, -0.1) is 0 Å². The van der Waals surface area contributed by atoms with Gasteiger partial charge in [-0.2, -0.15) is 4.98 Å². The van der Waals surface area contributed by atoms with E-state index in [1.807, 2.05) is 6.92 Å². The van der Waals surface area contributed by atoms with E-state index in [1.165, 1.54) is 12.1 Å². The van der Waals surface area contributed by atoms with Crippen LogP contribution in [0, 0.1) is 12.7 Å². The molecule has 7 heteroatoms. The van der Waals surface area contributed by atoms with E-state index < -0.39 is 0 Å². The normalized spacial score (nSPS) is 16.4. The van der Waals surface area contributed by atoms with E-state index in [4.69, 9.17) is 4.52 Å². The fourth-order valence-corrected chi connectivity index (χ4v) is 2.81. The van der Waals surface area contributed by atoms with E-state index in [9.17, 15) is 9.18 Å². The second kappa shape index (κ2) is 7.63. The lowest BCUT2D eigenvalue weighted by atomic mass is 10.1. The van der Waals surface area contributed by atoms with Gasteiger partial charge in [-0.25, -0.2) is 4.39 Å². The number of hydrogen-bond acceptors (Lipinski definition) is 6. The lowest BCUT2D eigenvalue weighted by molar-refractivity contribution is 0.0910. The predicted octanol–water partition coefficient (Wildman–Crippen LogP) is 1.91. The van der Waals surface area contributed by atoms with E-state index in [2.05, 4.69) is 19.9 Å². The molecule has 24 heavy (non-hydrogen) atoms. The maximum atomic E-state index is 12.9. The van der Waals surface area contributed by atoms with Gasteiger partial charge in [-0.05, 0) is 31.2 Å². The van der Waals surface area contributed by atoms with E-state index in [0.29, 0.717) is 30.2 Å². The van der Waals surface area contributed by atoms with Crippen molar-refractivity contribution in [3.05, 3.63) is 47.4 Å². The van der Waals surface area contributed by atoms with Gasteiger partial charge in [0.2, 0.25) is 5.89 Å². The van der Waals surface area contributed by atoms with Gasteiger partial charge in [0.05, 0.1) is 6.54 Å². The molecule has 0 aliphatic carbocycles. The van der Waals surface area contributed by atoms with Gasteiger partial charge in [0, 0.05) is 44.7 Å². The molecule has 0 spiro atoms. The molecule has 0 radical (unpaired) electrons. The second-order valence-corrected chi connectivity index (χ2v) is 6.03. The summed E-state index contributed by atoms with van der Waals surface area (Å²) in [5, 5.41) is 3.80. The SMILES string of the molecule is Cc1noc(CN2CCN(CCC(=O)c3ccc(F)cc3)CC2)n1. The van der Waals surface area contributed by atoms with Crippen molar-refractivity contribution < 1.29 is 13.7 Å². The number of carbonyl (C=O) groups is 1. The van der Waals surface area contributed by atoms with Crippen LogP contribution in [0.5, 0.6) is 0 Å². The molecule has 6 nitrogen and oxygen atoms in total. The van der Waals surface area contributed by atoms with Crippen LogP contribution in [0.4, 0.5) is 4.39 Å². The Balaban J connectivity index is 1.40. The minimum absolute atomic E-state index is 0.0544. The van der Waals surface area contributed by atoms with Crippen LogP contribution in [0.3, 0.4) is 0 Å². The van der Waals surface area contributed by atoms with Gasteiger partial charge in [-0.1, -0.05) is 5.16 Å². The zero-order valence-corrected chi connectivity index (χ0v) is 13.7. The molecule has 128 valence electrons. The first-order valence-electron chi connectivity index (χ1n) is 8.13. The predicted molar refractivity (Wildman–Crippen MR) is 86.1 cm³/mol. The molecule has 2 aromatic rings. The van der Waals surface area contributed by atoms with Crippen molar-refractivity contribution in [3.8, 4) is 0 Å². The first kappa shape index (κ1) is 16.7. The van der Waals surface area contributed by atoms with Gasteiger partial charge in [0.15, 0.2) is 11.6 Å². The molecule has 1 aromatic carbocycles. The summed E-state index contributed by atoms with van der Waals surface area (Å²) in [5.74, 6) is 1.04. The Morgan fingerprint density at radius 1 is 1.17 bits per heavy atom. The van der Waals surface area contributed by atoms with Gasteiger partial charge in [-0.3, -0.25) is 9.69 Å². The highest BCUT2D eigenvalue weighted by Gasteiger charge is 2.19. The monoisotopic (exact) mass is 332 g/mol. The molecule has 0 N–H and O–H groups in total. The molecule has 1 aliphatic rings. The van der Waals surface area contributed by atoms with E-state index in [-0.39, 0.29) is 11.6 Å². The number of piperazine rings is 1. The molecule has 0 bridgehead atoms. The second-order valence-electron chi connectivity index (χ2n) is 6.03. The van der Waals surface area contributed by atoms with Crippen molar-refractivity contribution in [2.75, 3.05) is 32.7 Å². The van der Waals surface area contributed by atoms with Crippen LogP contribution in [0.1, 0.15) is 28.5 Å². The highest BCUT2D eigenvalue weighted by Crippen LogP contribution is 2.10. The number of hydrogen-bond donors (Lipinski definition) is 0. The number of benzene rings is 1. The van der Waals surface area contributed by atoms with Crippen LogP contribution in [-0.2, 0) is 6.54 Å². The van der Waals surface area contributed by atoms with Crippen LogP contribution in [0.25, 0.3) is 0 Å². The highest BCUT2D eigenvalue weighted by atomic mass is 19.1. The first-order valence-corrected chi connectivity index (χ1v) is 8.13. The Kier molecular flexibility index (Phi) is 5.32. The Morgan fingerprint density at radius 3 is 2.46 bits per heavy atom.